The van der Waals surface area contributed by atoms with E-state index in [0.717, 1.165) is 22.0 Å². The van der Waals surface area contributed by atoms with Crippen LogP contribution in [0.25, 0.3) is 5.65 Å². The largest absolute Gasteiger partial charge is 0.386 e. The first-order chi connectivity index (χ1) is 12.9. The lowest BCUT2D eigenvalue weighted by Gasteiger charge is -2.49. The van der Waals surface area contributed by atoms with E-state index in [2.05, 4.69) is 4.98 Å². The minimum Gasteiger partial charge on any atom is -0.386 e. The van der Waals surface area contributed by atoms with Gasteiger partial charge in [-0.05, 0) is 42.3 Å². The quantitative estimate of drug-likeness (QED) is 0.688. The number of benzene rings is 1. The molecule has 2 aromatic heterocycles. The minimum absolute atomic E-state index is 0.0165. The normalized spacial score (nSPS) is 15.9. The number of pyridine rings is 1. The van der Waals surface area contributed by atoms with Crippen LogP contribution in [0.4, 0.5) is 0 Å². The summed E-state index contributed by atoms with van der Waals surface area (Å²) in [7, 11) is 0. The molecule has 0 atom stereocenters. The number of likely N-dealkylation sites (tertiary alicyclic amines) is 1. The van der Waals surface area contributed by atoms with E-state index in [1.165, 1.54) is 0 Å². The number of carbonyl (C=O) groups excluding carboxylic acids is 1. The summed E-state index contributed by atoms with van der Waals surface area (Å²) in [6.07, 6.45) is 4.03. The number of carbonyl (C=O) groups is 1. The Kier molecular flexibility index (Phi) is 4.70. The summed E-state index contributed by atoms with van der Waals surface area (Å²) in [4.78, 5) is 19.9. The second-order valence-corrected chi connectivity index (χ2v) is 8.48. The summed E-state index contributed by atoms with van der Waals surface area (Å²) < 4.78 is 2.02. The monoisotopic (exact) mass is 381 g/mol. The Morgan fingerprint density at radius 2 is 1.96 bits per heavy atom. The molecule has 1 aliphatic heterocycles. The standard InChI is InChI=1S/C21H23N3O2S/c1-15(2)21(26)13-24(14-21)20(25)16-6-8-18(9-7-16)27-12-17-11-23-10-4-3-5-19(23)22-17/h3-11,15,26H,12-14H2,1-2H3. The molecule has 0 aliphatic carbocycles. The molecule has 0 spiro atoms. The number of nitrogens with zero attached hydrogens (tertiary/aromatic N) is 3. The van der Waals surface area contributed by atoms with Crippen LogP contribution in [0.5, 0.6) is 0 Å². The molecule has 1 aliphatic rings. The third-order valence-corrected chi connectivity index (χ3v) is 6.24. The van der Waals surface area contributed by atoms with Gasteiger partial charge in [0.2, 0.25) is 0 Å². The molecule has 3 heterocycles. The third kappa shape index (κ3) is 3.59. The van der Waals surface area contributed by atoms with Crippen molar-refractivity contribution < 1.29 is 9.90 Å². The van der Waals surface area contributed by atoms with Crippen LogP contribution < -0.4 is 0 Å². The van der Waals surface area contributed by atoms with Crippen LogP contribution in [-0.2, 0) is 5.75 Å². The predicted molar refractivity (Wildman–Crippen MR) is 107 cm³/mol. The topological polar surface area (TPSA) is 57.8 Å². The van der Waals surface area contributed by atoms with Crippen LogP contribution in [0.1, 0.15) is 29.9 Å². The summed E-state index contributed by atoms with van der Waals surface area (Å²) in [5.74, 6) is 0.917. The Balaban J connectivity index is 1.35. The summed E-state index contributed by atoms with van der Waals surface area (Å²) in [5, 5.41) is 10.3. The molecule has 1 fully saturated rings. The highest BCUT2D eigenvalue weighted by molar-refractivity contribution is 7.98. The van der Waals surface area contributed by atoms with E-state index < -0.39 is 5.60 Å². The first-order valence-corrected chi connectivity index (χ1v) is 10.1. The van der Waals surface area contributed by atoms with Crippen LogP contribution in [-0.4, -0.2) is 44.0 Å². The highest BCUT2D eigenvalue weighted by Crippen LogP contribution is 2.30. The van der Waals surface area contributed by atoms with Crippen LogP contribution in [0.15, 0.2) is 59.8 Å². The Bertz CT molecular complexity index is 926. The predicted octanol–water partition coefficient (Wildman–Crippen LogP) is 3.47. The summed E-state index contributed by atoms with van der Waals surface area (Å²) in [6, 6.07) is 13.6. The van der Waals surface area contributed by atoms with Gasteiger partial charge in [-0.3, -0.25) is 4.79 Å². The average molecular weight is 382 g/mol. The number of aliphatic hydroxyl groups is 1. The molecule has 0 bridgehead atoms. The fraction of sp³-hybridized carbons (Fsp3) is 0.333. The molecular formula is C21H23N3O2S. The molecular weight excluding hydrogens is 358 g/mol. The van der Waals surface area contributed by atoms with E-state index in [1.807, 2.05) is 73.1 Å². The fourth-order valence-corrected chi connectivity index (χ4v) is 4.00. The number of amides is 1. The highest BCUT2D eigenvalue weighted by Gasteiger charge is 2.45. The molecule has 1 amide bonds. The maximum atomic E-state index is 12.5. The molecule has 0 radical (unpaired) electrons. The van der Waals surface area contributed by atoms with Gasteiger partial charge in [0.1, 0.15) is 11.2 Å². The van der Waals surface area contributed by atoms with Crippen LogP contribution in [0, 0.1) is 5.92 Å². The summed E-state index contributed by atoms with van der Waals surface area (Å²) in [5.41, 5.74) is 1.90. The molecule has 1 N–H and O–H groups in total. The van der Waals surface area contributed by atoms with E-state index in [0.29, 0.717) is 18.7 Å². The van der Waals surface area contributed by atoms with Crippen LogP contribution >= 0.6 is 11.8 Å². The lowest BCUT2D eigenvalue weighted by Crippen LogP contribution is -2.65. The van der Waals surface area contributed by atoms with Crippen molar-refractivity contribution in [3.63, 3.8) is 0 Å². The van der Waals surface area contributed by atoms with E-state index in [9.17, 15) is 9.90 Å². The molecule has 5 nitrogen and oxygen atoms in total. The zero-order chi connectivity index (χ0) is 19.0. The number of hydrogen-bond acceptors (Lipinski definition) is 4. The summed E-state index contributed by atoms with van der Waals surface area (Å²) >= 11 is 1.70. The molecule has 0 unspecified atom stereocenters. The molecule has 1 saturated heterocycles. The second-order valence-electron chi connectivity index (χ2n) is 7.43. The number of β-amino-alcohol motifs (C(OH)–C–C–N with tert-alkyl or cyclic N) is 1. The van der Waals surface area contributed by atoms with Crippen molar-refractivity contribution in [2.24, 2.45) is 5.92 Å². The Hall–Kier alpha value is -2.31. The second kappa shape index (κ2) is 7.02. The molecule has 1 aromatic carbocycles. The van der Waals surface area contributed by atoms with Crippen LogP contribution in [0.2, 0.25) is 0 Å². The molecule has 27 heavy (non-hydrogen) atoms. The van der Waals surface area contributed by atoms with Crippen molar-refractivity contribution >= 4 is 23.3 Å². The number of aromatic nitrogens is 2. The average Bonchev–Trinajstić information content (AvgIpc) is 3.06. The summed E-state index contributed by atoms with van der Waals surface area (Å²) in [6.45, 7) is 4.79. The Labute approximate surface area is 163 Å². The van der Waals surface area contributed by atoms with Gasteiger partial charge in [-0.1, -0.05) is 19.9 Å². The van der Waals surface area contributed by atoms with E-state index in [-0.39, 0.29) is 11.8 Å². The van der Waals surface area contributed by atoms with Gasteiger partial charge in [-0.15, -0.1) is 11.8 Å². The first kappa shape index (κ1) is 18.1. The molecule has 6 heteroatoms. The lowest BCUT2D eigenvalue weighted by molar-refractivity contribution is -0.110. The lowest BCUT2D eigenvalue weighted by atomic mass is 9.82. The minimum atomic E-state index is -0.737. The van der Waals surface area contributed by atoms with Crippen molar-refractivity contribution in [1.82, 2.24) is 14.3 Å². The highest BCUT2D eigenvalue weighted by atomic mass is 32.2. The number of thioether (sulfide) groups is 1. The van der Waals surface area contributed by atoms with Crippen molar-refractivity contribution in [3.05, 3.63) is 66.1 Å². The van der Waals surface area contributed by atoms with Gasteiger partial charge in [0.05, 0.1) is 18.8 Å². The van der Waals surface area contributed by atoms with E-state index in [4.69, 9.17) is 0 Å². The maximum absolute atomic E-state index is 12.5. The van der Waals surface area contributed by atoms with E-state index in [1.54, 1.807) is 16.7 Å². The SMILES string of the molecule is CC(C)C1(O)CN(C(=O)c2ccc(SCc3cn4ccccc4n3)cc2)C1. The van der Waals surface area contributed by atoms with Gasteiger partial charge in [0.15, 0.2) is 0 Å². The van der Waals surface area contributed by atoms with Gasteiger partial charge < -0.3 is 14.4 Å². The molecule has 4 rings (SSSR count). The van der Waals surface area contributed by atoms with Gasteiger partial charge in [0, 0.05) is 28.6 Å². The van der Waals surface area contributed by atoms with Gasteiger partial charge in [-0.25, -0.2) is 4.98 Å². The zero-order valence-corrected chi connectivity index (χ0v) is 16.3. The third-order valence-electron chi connectivity index (χ3n) is 5.19. The fourth-order valence-electron chi connectivity index (χ4n) is 3.21. The van der Waals surface area contributed by atoms with Crippen molar-refractivity contribution in [1.29, 1.82) is 0 Å². The van der Waals surface area contributed by atoms with Gasteiger partial charge in [-0.2, -0.15) is 0 Å². The number of rotatable bonds is 5. The van der Waals surface area contributed by atoms with E-state index >= 15 is 0 Å². The zero-order valence-electron chi connectivity index (χ0n) is 15.5. The van der Waals surface area contributed by atoms with Crippen molar-refractivity contribution in [3.8, 4) is 0 Å². The maximum Gasteiger partial charge on any atom is 0.254 e. The van der Waals surface area contributed by atoms with Crippen molar-refractivity contribution in [2.45, 2.75) is 30.1 Å². The van der Waals surface area contributed by atoms with Gasteiger partial charge in [0.25, 0.3) is 5.91 Å². The number of fused-ring (bicyclic) bond motifs is 1. The van der Waals surface area contributed by atoms with Crippen molar-refractivity contribution in [2.75, 3.05) is 13.1 Å². The Morgan fingerprint density at radius 1 is 1.22 bits per heavy atom. The molecule has 140 valence electrons. The molecule has 0 saturated carbocycles. The first-order valence-electron chi connectivity index (χ1n) is 9.12. The Morgan fingerprint density at radius 3 is 2.63 bits per heavy atom. The van der Waals surface area contributed by atoms with Crippen LogP contribution in [0.3, 0.4) is 0 Å². The number of hydrogen-bond donors (Lipinski definition) is 1. The molecule has 3 aromatic rings. The number of imidazole rings is 1. The smallest absolute Gasteiger partial charge is 0.254 e. The van der Waals surface area contributed by atoms with Gasteiger partial charge >= 0.3 is 0 Å².